The quantitative estimate of drug-likeness (QED) is 0.742. The lowest BCUT2D eigenvalue weighted by Crippen LogP contribution is -2.60. The van der Waals surface area contributed by atoms with E-state index in [1.807, 2.05) is 13.8 Å². The maximum absolute atomic E-state index is 12.4. The van der Waals surface area contributed by atoms with E-state index < -0.39 is 11.6 Å². The zero-order valence-corrected chi connectivity index (χ0v) is 15.7. The number of ether oxygens (including phenoxy) is 1. The van der Waals surface area contributed by atoms with Gasteiger partial charge < -0.3 is 20.7 Å². The molecule has 7 heteroatoms. The van der Waals surface area contributed by atoms with E-state index in [1.165, 1.54) is 0 Å². The van der Waals surface area contributed by atoms with Gasteiger partial charge in [-0.15, -0.1) is 0 Å². The van der Waals surface area contributed by atoms with Gasteiger partial charge in [0.25, 0.3) is 0 Å². The van der Waals surface area contributed by atoms with Gasteiger partial charge in [-0.05, 0) is 44.9 Å². The van der Waals surface area contributed by atoms with Gasteiger partial charge in [-0.25, -0.2) is 4.79 Å². The molecule has 0 aliphatic heterocycles. The molecular weight excluding hydrogens is 342 g/mol. The van der Waals surface area contributed by atoms with Crippen molar-refractivity contribution in [1.82, 2.24) is 10.6 Å². The Morgan fingerprint density at radius 3 is 2.44 bits per heavy atom. The zero-order chi connectivity index (χ0) is 18.4. The molecular formula is C18H26ClN3O3. The molecule has 1 aromatic carbocycles. The van der Waals surface area contributed by atoms with Gasteiger partial charge in [-0.1, -0.05) is 30.9 Å². The Balaban J connectivity index is 2.05. The van der Waals surface area contributed by atoms with Crippen molar-refractivity contribution in [1.29, 1.82) is 0 Å². The van der Waals surface area contributed by atoms with Crippen LogP contribution in [0.1, 0.15) is 46.0 Å². The number of hydrogen-bond acceptors (Lipinski definition) is 3. The lowest BCUT2D eigenvalue weighted by molar-refractivity contribution is -0.128. The second-order valence-electron chi connectivity index (χ2n) is 6.61. The van der Waals surface area contributed by atoms with Gasteiger partial charge in [0.15, 0.2) is 0 Å². The van der Waals surface area contributed by atoms with Crippen LogP contribution < -0.4 is 20.7 Å². The molecule has 1 aromatic rings. The molecule has 3 amide bonds. The van der Waals surface area contributed by atoms with Gasteiger partial charge in [0.05, 0.1) is 11.1 Å². The lowest BCUT2D eigenvalue weighted by Gasteiger charge is -2.36. The van der Waals surface area contributed by atoms with Crippen molar-refractivity contribution in [2.75, 3.05) is 12.4 Å². The molecule has 0 spiro atoms. The Hall–Kier alpha value is -1.95. The molecule has 0 radical (unpaired) electrons. The summed E-state index contributed by atoms with van der Waals surface area (Å²) in [7, 11) is 1.59. The van der Waals surface area contributed by atoms with Crippen LogP contribution in [-0.4, -0.2) is 30.6 Å². The highest BCUT2D eigenvalue weighted by molar-refractivity contribution is 6.32. The van der Waals surface area contributed by atoms with Crippen LogP contribution in [0.15, 0.2) is 18.2 Å². The molecule has 1 aliphatic carbocycles. The fourth-order valence-corrected chi connectivity index (χ4v) is 3.34. The first-order valence-corrected chi connectivity index (χ1v) is 9.01. The first kappa shape index (κ1) is 19.4. The van der Waals surface area contributed by atoms with Crippen molar-refractivity contribution in [3.8, 4) is 5.75 Å². The molecule has 1 saturated carbocycles. The standard InChI is InChI=1S/C18H26ClN3O3/c1-12(2)25-15-8-7-13(11-14(15)19)21-17(24)22-18(16(23)20-3)9-5-4-6-10-18/h7-8,11-12H,4-6,9-10H2,1-3H3,(H,20,23)(H2,21,22,24). The lowest BCUT2D eigenvalue weighted by atomic mass is 9.81. The van der Waals surface area contributed by atoms with Crippen LogP contribution >= 0.6 is 11.6 Å². The molecule has 138 valence electrons. The first-order chi connectivity index (χ1) is 11.9. The molecule has 1 fully saturated rings. The molecule has 0 unspecified atom stereocenters. The molecule has 0 saturated heterocycles. The maximum atomic E-state index is 12.4. The highest BCUT2D eigenvalue weighted by Gasteiger charge is 2.40. The van der Waals surface area contributed by atoms with Crippen molar-refractivity contribution in [3.05, 3.63) is 23.2 Å². The van der Waals surface area contributed by atoms with E-state index in [9.17, 15) is 9.59 Å². The van der Waals surface area contributed by atoms with E-state index in [0.29, 0.717) is 29.3 Å². The molecule has 6 nitrogen and oxygen atoms in total. The smallest absolute Gasteiger partial charge is 0.320 e. The number of carbonyl (C=O) groups excluding carboxylic acids is 2. The van der Waals surface area contributed by atoms with Crippen molar-refractivity contribution in [3.63, 3.8) is 0 Å². The number of carbonyl (C=O) groups is 2. The summed E-state index contributed by atoms with van der Waals surface area (Å²) in [5, 5.41) is 8.69. The van der Waals surface area contributed by atoms with E-state index in [1.54, 1.807) is 25.2 Å². The van der Waals surface area contributed by atoms with Gasteiger partial charge in [-0.3, -0.25) is 4.79 Å². The topological polar surface area (TPSA) is 79.5 Å². The van der Waals surface area contributed by atoms with E-state index in [-0.39, 0.29) is 12.0 Å². The molecule has 25 heavy (non-hydrogen) atoms. The number of likely N-dealkylation sites (N-methyl/N-ethyl adjacent to an activating group) is 1. The predicted octanol–water partition coefficient (Wildman–Crippen LogP) is 3.70. The number of urea groups is 1. The SMILES string of the molecule is CNC(=O)C1(NC(=O)Nc2ccc(OC(C)C)c(Cl)c2)CCCCC1. The van der Waals surface area contributed by atoms with Crippen LogP contribution in [0.25, 0.3) is 0 Å². The van der Waals surface area contributed by atoms with Crippen LogP contribution in [0.4, 0.5) is 10.5 Å². The monoisotopic (exact) mass is 367 g/mol. The normalized spacial score (nSPS) is 16.2. The Bertz CT molecular complexity index is 628. The van der Waals surface area contributed by atoms with Crippen LogP contribution in [0, 0.1) is 0 Å². The zero-order valence-electron chi connectivity index (χ0n) is 14.9. The Morgan fingerprint density at radius 1 is 1.20 bits per heavy atom. The summed E-state index contributed by atoms with van der Waals surface area (Å²) in [6.45, 7) is 3.83. The van der Waals surface area contributed by atoms with Gasteiger partial charge in [0.1, 0.15) is 11.3 Å². The third kappa shape index (κ3) is 5.01. The van der Waals surface area contributed by atoms with E-state index in [4.69, 9.17) is 16.3 Å². The summed E-state index contributed by atoms with van der Waals surface area (Å²) >= 11 is 6.19. The van der Waals surface area contributed by atoms with Crippen molar-refractivity contribution >= 4 is 29.2 Å². The predicted molar refractivity (Wildman–Crippen MR) is 99.3 cm³/mol. The summed E-state index contributed by atoms with van der Waals surface area (Å²) in [6.07, 6.45) is 4.21. The van der Waals surface area contributed by atoms with Gasteiger partial charge in [0, 0.05) is 12.7 Å². The van der Waals surface area contributed by atoms with Crippen LogP contribution in [-0.2, 0) is 4.79 Å². The van der Waals surface area contributed by atoms with Crippen LogP contribution in [0.5, 0.6) is 5.75 Å². The fraction of sp³-hybridized carbons (Fsp3) is 0.556. The van der Waals surface area contributed by atoms with Gasteiger partial charge in [-0.2, -0.15) is 0 Å². The number of halogens is 1. The number of anilines is 1. The van der Waals surface area contributed by atoms with Crippen molar-refractivity contribution in [2.45, 2.75) is 57.6 Å². The van der Waals surface area contributed by atoms with Crippen molar-refractivity contribution < 1.29 is 14.3 Å². The summed E-state index contributed by atoms with van der Waals surface area (Å²) in [5.74, 6) is 0.415. The maximum Gasteiger partial charge on any atom is 0.320 e. The van der Waals surface area contributed by atoms with Crippen molar-refractivity contribution in [2.24, 2.45) is 0 Å². The largest absolute Gasteiger partial charge is 0.489 e. The first-order valence-electron chi connectivity index (χ1n) is 8.64. The highest BCUT2D eigenvalue weighted by Crippen LogP contribution is 2.30. The fourth-order valence-electron chi connectivity index (χ4n) is 3.11. The molecule has 0 atom stereocenters. The molecule has 0 bridgehead atoms. The molecule has 0 aromatic heterocycles. The molecule has 0 heterocycles. The minimum Gasteiger partial charge on any atom is -0.489 e. The average molecular weight is 368 g/mol. The van der Waals surface area contributed by atoms with Gasteiger partial charge >= 0.3 is 6.03 Å². The number of amides is 3. The summed E-state index contributed by atoms with van der Waals surface area (Å²) in [4.78, 5) is 24.7. The number of hydrogen-bond donors (Lipinski definition) is 3. The Kier molecular flexibility index (Phi) is 6.53. The second kappa shape index (κ2) is 8.43. The third-order valence-corrected chi connectivity index (χ3v) is 4.57. The number of rotatable bonds is 5. The Morgan fingerprint density at radius 2 is 1.88 bits per heavy atom. The van der Waals surface area contributed by atoms with Gasteiger partial charge in [0.2, 0.25) is 5.91 Å². The third-order valence-electron chi connectivity index (χ3n) is 4.27. The number of benzene rings is 1. The van der Waals surface area contributed by atoms with E-state index >= 15 is 0 Å². The van der Waals surface area contributed by atoms with Crippen LogP contribution in [0.2, 0.25) is 5.02 Å². The van der Waals surface area contributed by atoms with Crippen LogP contribution in [0.3, 0.4) is 0 Å². The molecule has 3 N–H and O–H groups in total. The Labute approximate surface area is 153 Å². The highest BCUT2D eigenvalue weighted by atomic mass is 35.5. The summed E-state index contributed by atoms with van der Waals surface area (Å²) < 4.78 is 5.58. The molecule has 2 rings (SSSR count). The van der Waals surface area contributed by atoms with E-state index in [2.05, 4.69) is 16.0 Å². The molecule has 1 aliphatic rings. The second-order valence-corrected chi connectivity index (χ2v) is 7.02. The minimum atomic E-state index is -0.846. The average Bonchev–Trinajstić information content (AvgIpc) is 2.57. The number of nitrogens with one attached hydrogen (secondary N) is 3. The minimum absolute atomic E-state index is 0.0123. The summed E-state index contributed by atoms with van der Waals surface area (Å²) in [5.41, 5.74) is -0.303. The summed E-state index contributed by atoms with van der Waals surface area (Å²) in [6, 6.07) is 4.65. The van der Waals surface area contributed by atoms with E-state index in [0.717, 1.165) is 19.3 Å².